The molecule has 29 heavy (non-hydrogen) atoms. The molecule has 0 aliphatic heterocycles. The smallest absolute Gasteiger partial charge is 0.278 e. The molecule has 7 heteroatoms. The van der Waals surface area contributed by atoms with Gasteiger partial charge in [-0.3, -0.25) is 9.20 Å². The molecule has 0 aliphatic rings. The summed E-state index contributed by atoms with van der Waals surface area (Å²) >= 11 is 3.48. The Balaban J connectivity index is 1.82. The van der Waals surface area contributed by atoms with Gasteiger partial charge in [0.1, 0.15) is 11.3 Å². The highest BCUT2D eigenvalue weighted by Gasteiger charge is 2.24. The molecule has 1 amide bonds. The van der Waals surface area contributed by atoms with Crippen LogP contribution in [0.1, 0.15) is 11.3 Å². The summed E-state index contributed by atoms with van der Waals surface area (Å²) in [5.74, 6) is 5.28. The molecule has 0 saturated carbocycles. The van der Waals surface area contributed by atoms with E-state index in [1.54, 1.807) is 0 Å². The standard InChI is InChI=1S/C22H18BrN5O/c1-14-10-11-17(16(23)13-14)25-22(29)20(27-24)21-19(15-7-3-2-4-8-15)26-18-9-5-6-12-28(18)21/h2-13H,24H2,1H3,(H,25,29)/b27-20+. The summed E-state index contributed by atoms with van der Waals surface area (Å²) in [5, 5.41) is 6.72. The van der Waals surface area contributed by atoms with Crippen molar-refractivity contribution in [3.8, 4) is 11.3 Å². The van der Waals surface area contributed by atoms with E-state index in [4.69, 9.17) is 10.8 Å². The molecular weight excluding hydrogens is 430 g/mol. The molecular formula is C22H18BrN5O. The molecule has 2 heterocycles. The Kier molecular flexibility index (Phi) is 5.14. The number of nitrogens with one attached hydrogen (secondary N) is 1. The van der Waals surface area contributed by atoms with Gasteiger partial charge in [-0.25, -0.2) is 4.98 Å². The van der Waals surface area contributed by atoms with E-state index in [9.17, 15) is 4.79 Å². The van der Waals surface area contributed by atoms with Gasteiger partial charge < -0.3 is 11.2 Å². The van der Waals surface area contributed by atoms with Crippen LogP contribution in [0.25, 0.3) is 16.9 Å². The molecule has 6 nitrogen and oxygen atoms in total. The maximum Gasteiger partial charge on any atom is 0.278 e. The number of imidazole rings is 1. The van der Waals surface area contributed by atoms with E-state index in [1.807, 2.05) is 84.3 Å². The number of hydrogen-bond donors (Lipinski definition) is 2. The van der Waals surface area contributed by atoms with Gasteiger partial charge in [-0.05, 0) is 52.7 Å². The topological polar surface area (TPSA) is 84.8 Å². The molecule has 0 atom stereocenters. The fourth-order valence-corrected chi connectivity index (χ4v) is 3.74. The van der Waals surface area contributed by atoms with E-state index in [1.165, 1.54) is 0 Å². The van der Waals surface area contributed by atoms with Crippen LogP contribution < -0.4 is 11.2 Å². The summed E-state index contributed by atoms with van der Waals surface area (Å²) in [6, 6.07) is 21.0. The molecule has 4 aromatic rings. The van der Waals surface area contributed by atoms with Gasteiger partial charge in [0.25, 0.3) is 5.91 Å². The Morgan fingerprint density at radius 3 is 2.59 bits per heavy atom. The van der Waals surface area contributed by atoms with Crippen LogP contribution in [0.4, 0.5) is 5.69 Å². The summed E-state index contributed by atoms with van der Waals surface area (Å²) in [5.41, 5.74) is 4.56. The molecule has 3 N–H and O–H groups in total. The van der Waals surface area contributed by atoms with Crippen LogP contribution in [0.2, 0.25) is 0 Å². The zero-order valence-corrected chi connectivity index (χ0v) is 17.2. The van der Waals surface area contributed by atoms with Crippen molar-refractivity contribution in [3.05, 3.63) is 88.7 Å². The Hall–Kier alpha value is -3.45. The molecule has 0 unspecified atom stereocenters. The Morgan fingerprint density at radius 1 is 1.10 bits per heavy atom. The zero-order valence-electron chi connectivity index (χ0n) is 15.6. The summed E-state index contributed by atoms with van der Waals surface area (Å²) in [4.78, 5) is 17.8. The molecule has 0 bridgehead atoms. The number of pyridine rings is 1. The van der Waals surface area contributed by atoms with Crippen molar-refractivity contribution >= 4 is 38.9 Å². The van der Waals surface area contributed by atoms with Crippen molar-refractivity contribution in [2.24, 2.45) is 10.9 Å². The summed E-state index contributed by atoms with van der Waals surface area (Å²) < 4.78 is 2.60. The highest BCUT2D eigenvalue weighted by molar-refractivity contribution is 9.10. The van der Waals surface area contributed by atoms with E-state index in [0.29, 0.717) is 22.7 Å². The maximum absolute atomic E-state index is 13.1. The number of hydrogen-bond acceptors (Lipinski definition) is 4. The predicted octanol–water partition coefficient (Wildman–Crippen LogP) is 4.37. The molecule has 2 aromatic carbocycles. The second-order valence-corrected chi connectivity index (χ2v) is 7.37. The number of nitrogens with zero attached hydrogens (tertiary/aromatic N) is 3. The number of benzene rings is 2. The lowest BCUT2D eigenvalue weighted by molar-refractivity contribution is -0.110. The van der Waals surface area contributed by atoms with Crippen LogP contribution in [0.5, 0.6) is 0 Å². The first-order chi connectivity index (χ1) is 14.1. The van der Waals surface area contributed by atoms with Crippen LogP contribution in [-0.2, 0) is 4.79 Å². The molecule has 0 fully saturated rings. The molecule has 144 valence electrons. The fourth-order valence-electron chi connectivity index (χ4n) is 3.15. The average Bonchev–Trinajstić information content (AvgIpc) is 3.11. The van der Waals surface area contributed by atoms with E-state index >= 15 is 0 Å². The predicted molar refractivity (Wildman–Crippen MR) is 119 cm³/mol. The van der Waals surface area contributed by atoms with Crippen molar-refractivity contribution < 1.29 is 4.79 Å². The third kappa shape index (κ3) is 3.64. The van der Waals surface area contributed by atoms with Crippen LogP contribution in [0, 0.1) is 6.92 Å². The number of anilines is 1. The Bertz CT molecular complexity index is 1230. The van der Waals surface area contributed by atoms with Gasteiger partial charge in [0.15, 0.2) is 5.71 Å². The van der Waals surface area contributed by atoms with E-state index in [-0.39, 0.29) is 5.71 Å². The van der Waals surface area contributed by atoms with Crippen LogP contribution >= 0.6 is 15.9 Å². The number of aryl methyl sites for hydroxylation is 1. The number of fused-ring (bicyclic) bond motifs is 1. The minimum Gasteiger partial charge on any atom is -0.322 e. The van der Waals surface area contributed by atoms with E-state index < -0.39 is 5.91 Å². The number of amides is 1. The van der Waals surface area contributed by atoms with Gasteiger partial charge in [0.05, 0.1) is 11.4 Å². The van der Waals surface area contributed by atoms with Crippen molar-refractivity contribution in [2.45, 2.75) is 6.92 Å². The number of rotatable bonds is 4. The number of aromatic nitrogens is 2. The zero-order chi connectivity index (χ0) is 20.4. The minimum absolute atomic E-state index is 0.0926. The van der Waals surface area contributed by atoms with Crippen molar-refractivity contribution in [1.29, 1.82) is 0 Å². The second-order valence-electron chi connectivity index (χ2n) is 6.52. The monoisotopic (exact) mass is 447 g/mol. The second kappa shape index (κ2) is 7.89. The number of carbonyl (C=O) groups is 1. The summed E-state index contributed by atoms with van der Waals surface area (Å²) in [6.45, 7) is 1.98. The average molecular weight is 448 g/mol. The van der Waals surface area contributed by atoms with Gasteiger partial charge in [0, 0.05) is 16.2 Å². The van der Waals surface area contributed by atoms with Crippen LogP contribution in [0.15, 0.2) is 82.5 Å². The van der Waals surface area contributed by atoms with E-state index in [2.05, 4.69) is 26.3 Å². The third-order valence-electron chi connectivity index (χ3n) is 4.52. The molecule has 2 aromatic heterocycles. The largest absolute Gasteiger partial charge is 0.322 e. The number of nitrogens with two attached hydrogens (primary N) is 1. The number of carbonyl (C=O) groups excluding carboxylic acids is 1. The lowest BCUT2D eigenvalue weighted by atomic mass is 10.1. The van der Waals surface area contributed by atoms with Gasteiger partial charge in [-0.1, -0.05) is 42.5 Å². The molecule has 0 aliphatic carbocycles. The van der Waals surface area contributed by atoms with Gasteiger partial charge in [0.2, 0.25) is 0 Å². The first-order valence-electron chi connectivity index (χ1n) is 8.96. The molecule has 4 rings (SSSR count). The minimum atomic E-state index is -0.417. The highest BCUT2D eigenvalue weighted by atomic mass is 79.9. The first kappa shape index (κ1) is 18.9. The van der Waals surface area contributed by atoms with Crippen molar-refractivity contribution in [3.63, 3.8) is 0 Å². The summed E-state index contributed by atoms with van der Waals surface area (Å²) in [6.07, 6.45) is 1.84. The third-order valence-corrected chi connectivity index (χ3v) is 5.17. The molecule has 0 radical (unpaired) electrons. The van der Waals surface area contributed by atoms with Gasteiger partial charge in [-0.15, -0.1) is 0 Å². The SMILES string of the molecule is Cc1ccc(NC(=O)/C(=N/N)c2c(-c3ccccc3)nc3ccccn23)c(Br)c1. The highest BCUT2D eigenvalue weighted by Crippen LogP contribution is 2.27. The summed E-state index contributed by atoms with van der Waals surface area (Å²) in [7, 11) is 0. The number of hydrazone groups is 1. The number of halogens is 1. The normalized spacial score (nSPS) is 11.6. The van der Waals surface area contributed by atoms with Gasteiger partial charge >= 0.3 is 0 Å². The van der Waals surface area contributed by atoms with Crippen molar-refractivity contribution in [2.75, 3.05) is 5.32 Å². The maximum atomic E-state index is 13.1. The lowest BCUT2D eigenvalue weighted by Crippen LogP contribution is -2.27. The van der Waals surface area contributed by atoms with Gasteiger partial charge in [-0.2, -0.15) is 5.10 Å². The Labute approximate surface area is 176 Å². The quantitative estimate of drug-likeness (QED) is 0.276. The van der Waals surface area contributed by atoms with Crippen molar-refractivity contribution in [1.82, 2.24) is 9.38 Å². The lowest BCUT2D eigenvalue weighted by Gasteiger charge is -2.11. The van der Waals surface area contributed by atoms with E-state index in [0.717, 1.165) is 15.6 Å². The molecule has 0 spiro atoms. The van der Waals surface area contributed by atoms with Crippen LogP contribution in [-0.4, -0.2) is 21.0 Å². The fraction of sp³-hybridized carbons (Fsp3) is 0.0455. The van der Waals surface area contributed by atoms with Crippen LogP contribution in [0.3, 0.4) is 0 Å². The Morgan fingerprint density at radius 2 is 1.86 bits per heavy atom. The molecule has 0 saturated heterocycles. The first-order valence-corrected chi connectivity index (χ1v) is 9.76.